The number of nitrogens with zero attached hydrogens (tertiary/aromatic N) is 2. The highest BCUT2D eigenvalue weighted by Crippen LogP contribution is 2.71. The molecule has 5 nitrogen and oxygen atoms in total. The van der Waals surface area contributed by atoms with Gasteiger partial charge in [-0.25, -0.2) is 0 Å². The molecular formula is C16H25N3O2. The zero-order valence-corrected chi connectivity index (χ0v) is 12.6. The first-order valence-electron chi connectivity index (χ1n) is 8.48. The molecule has 0 aromatic heterocycles. The standard InChI is InChI=1S/C16H25N3O2/c20-14(18-8-5-17-6-9-18)12-2-1-7-19(11-12)15(21)13-10-16(13)3-4-16/h12-13,17H,1-11H2. The summed E-state index contributed by atoms with van der Waals surface area (Å²) in [6.45, 7) is 4.94. The summed E-state index contributed by atoms with van der Waals surface area (Å²) in [6.07, 6.45) is 5.54. The molecule has 21 heavy (non-hydrogen) atoms. The van der Waals surface area contributed by atoms with Gasteiger partial charge in [0.2, 0.25) is 11.8 Å². The molecule has 2 aliphatic carbocycles. The van der Waals surface area contributed by atoms with E-state index in [2.05, 4.69) is 5.32 Å². The third-order valence-electron chi connectivity index (χ3n) is 5.89. The maximum atomic E-state index is 12.6. The lowest BCUT2D eigenvalue weighted by Gasteiger charge is -2.36. The van der Waals surface area contributed by atoms with Gasteiger partial charge in [-0.2, -0.15) is 0 Å². The van der Waals surface area contributed by atoms with Crippen LogP contribution in [0.3, 0.4) is 0 Å². The quantitative estimate of drug-likeness (QED) is 0.804. The SMILES string of the molecule is O=C(C1CCCN(C(=O)C2CC23CC3)C1)N1CCNCC1. The fourth-order valence-electron chi connectivity index (χ4n) is 4.15. The molecule has 0 bridgehead atoms. The van der Waals surface area contributed by atoms with Crippen molar-refractivity contribution in [2.24, 2.45) is 17.3 Å². The van der Waals surface area contributed by atoms with Gasteiger partial charge in [0.25, 0.3) is 0 Å². The molecule has 2 aliphatic heterocycles. The Bertz CT molecular complexity index is 454. The molecule has 2 unspecified atom stereocenters. The van der Waals surface area contributed by atoms with E-state index in [1.54, 1.807) is 0 Å². The van der Waals surface area contributed by atoms with Crippen LogP contribution in [-0.4, -0.2) is 60.9 Å². The van der Waals surface area contributed by atoms with E-state index in [9.17, 15) is 9.59 Å². The van der Waals surface area contributed by atoms with E-state index in [0.29, 0.717) is 23.8 Å². The van der Waals surface area contributed by atoms with Crippen molar-refractivity contribution in [3.63, 3.8) is 0 Å². The largest absolute Gasteiger partial charge is 0.342 e. The molecule has 0 aromatic rings. The molecule has 1 N–H and O–H groups in total. The van der Waals surface area contributed by atoms with Gasteiger partial charge in [0.1, 0.15) is 0 Å². The molecule has 2 atom stereocenters. The van der Waals surface area contributed by atoms with Gasteiger partial charge in [-0.05, 0) is 37.5 Å². The number of hydrogen-bond donors (Lipinski definition) is 1. The lowest BCUT2D eigenvalue weighted by molar-refractivity contribution is -0.142. The van der Waals surface area contributed by atoms with Gasteiger partial charge in [-0.1, -0.05) is 0 Å². The normalized spacial score (nSPS) is 33.9. The molecule has 2 heterocycles. The van der Waals surface area contributed by atoms with E-state index in [0.717, 1.165) is 52.0 Å². The summed E-state index contributed by atoms with van der Waals surface area (Å²) in [5, 5.41) is 3.28. The van der Waals surface area contributed by atoms with Crippen molar-refractivity contribution in [1.82, 2.24) is 15.1 Å². The van der Waals surface area contributed by atoms with Crippen LogP contribution in [0.15, 0.2) is 0 Å². The Kier molecular flexibility index (Phi) is 3.21. The van der Waals surface area contributed by atoms with Crippen LogP contribution in [0.2, 0.25) is 0 Å². The minimum atomic E-state index is 0.0368. The second kappa shape index (κ2) is 4.97. The molecule has 1 spiro atoms. The van der Waals surface area contributed by atoms with Crippen molar-refractivity contribution in [3.05, 3.63) is 0 Å². The van der Waals surface area contributed by atoms with Crippen LogP contribution < -0.4 is 5.32 Å². The number of rotatable bonds is 2. The Morgan fingerprint density at radius 1 is 1.00 bits per heavy atom. The van der Waals surface area contributed by atoms with E-state index in [1.165, 1.54) is 12.8 Å². The van der Waals surface area contributed by atoms with Crippen LogP contribution in [0.25, 0.3) is 0 Å². The predicted molar refractivity (Wildman–Crippen MR) is 78.5 cm³/mol. The monoisotopic (exact) mass is 291 g/mol. The summed E-state index contributed by atoms with van der Waals surface area (Å²) in [5.74, 6) is 0.941. The average molecular weight is 291 g/mol. The number of hydrogen-bond acceptors (Lipinski definition) is 3. The zero-order chi connectivity index (χ0) is 14.4. The van der Waals surface area contributed by atoms with Gasteiger partial charge < -0.3 is 15.1 Å². The number of likely N-dealkylation sites (tertiary alicyclic amines) is 1. The topological polar surface area (TPSA) is 52.7 Å². The fraction of sp³-hybridized carbons (Fsp3) is 0.875. The highest BCUT2D eigenvalue weighted by atomic mass is 16.2. The third kappa shape index (κ3) is 2.45. The van der Waals surface area contributed by atoms with Crippen LogP contribution >= 0.6 is 0 Å². The maximum absolute atomic E-state index is 12.6. The molecule has 0 radical (unpaired) electrons. The minimum absolute atomic E-state index is 0.0368. The molecule has 4 aliphatic rings. The Morgan fingerprint density at radius 2 is 1.76 bits per heavy atom. The van der Waals surface area contributed by atoms with Gasteiger partial charge in [0, 0.05) is 45.2 Å². The number of nitrogens with one attached hydrogen (secondary N) is 1. The number of carbonyl (C=O) groups excluding carboxylic acids is 2. The molecule has 2 saturated heterocycles. The summed E-state index contributed by atoms with van der Waals surface area (Å²) in [7, 11) is 0. The van der Waals surface area contributed by atoms with E-state index in [1.807, 2.05) is 9.80 Å². The summed E-state index contributed by atoms with van der Waals surface area (Å²) in [5.41, 5.74) is 0.423. The van der Waals surface area contributed by atoms with Crippen molar-refractivity contribution in [2.75, 3.05) is 39.3 Å². The van der Waals surface area contributed by atoms with Gasteiger partial charge in [-0.15, -0.1) is 0 Å². The number of piperazine rings is 1. The van der Waals surface area contributed by atoms with E-state index in [4.69, 9.17) is 0 Å². The predicted octanol–water partition coefficient (Wildman–Crippen LogP) is 0.457. The fourth-order valence-corrected chi connectivity index (χ4v) is 4.15. The lowest BCUT2D eigenvalue weighted by atomic mass is 9.95. The van der Waals surface area contributed by atoms with E-state index in [-0.39, 0.29) is 11.8 Å². The second-order valence-electron chi connectivity index (χ2n) is 7.32. The molecular weight excluding hydrogens is 266 g/mol. The Morgan fingerprint density at radius 3 is 2.43 bits per heavy atom. The summed E-state index contributed by atoms with van der Waals surface area (Å²) < 4.78 is 0. The van der Waals surface area contributed by atoms with Crippen LogP contribution in [0.4, 0.5) is 0 Å². The molecule has 5 heteroatoms. The van der Waals surface area contributed by atoms with Crippen LogP contribution in [-0.2, 0) is 9.59 Å². The highest BCUT2D eigenvalue weighted by Gasteiger charge is 2.66. The van der Waals surface area contributed by atoms with Crippen molar-refractivity contribution in [3.8, 4) is 0 Å². The highest BCUT2D eigenvalue weighted by molar-refractivity contribution is 5.85. The minimum Gasteiger partial charge on any atom is -0.342 e. The van der Waals surface area contributed by atoms with Crippen LogP contribution in [0.5, 0.6) is 0 Å². The first kappa shape index (κ1) is 13.6. The third-order valence-corrected chi connectivity index (χ3v) is 5.89. The number of piperidine rings is 1. The Labute approximate surface area is 126 Å². The summed E-state index contributed by atoms with van der Waals surface area (Å²) >= 11 is 0. The molecule has 116 valence electrons. The summed E-state index contributed by atoms with van der Waals surface area (Å²) in [4.78, 5) is 29.1. The van der Waals surface area contributed by atoms with E-state index >= 15 is 0 Å². The lowest BCUT2D eigenvalue weighted by Crippen LogP contribution is -2.52. The first-order chi connectivity index (χ1) is 10.2. The molecule has 4 fully saturated rings. The van der Waals surface area contributed by atoms with Gasteiger partial charge in [-0.3, -0.25) is 9.59 Å². The molecule has 0 aromatic carbocycles. The van der Waals surface area contributed by atoms with Gasteiger partial charge >= 0.3 is 0 Å². The molecule has 2 amide bonds. The first-order valence-corrected chi connectivity index (χ1v) is 8.48. The van der Waals surface area contributed by atoms with Crippen LogP contribution in [0.1, 0.15) is 32.1 Å². The van der Waals surface area contributed by atoms with Crippen molar-refractivity contribution in [2.45, 2.75) is 32.1 Å². The zero-order valence-electron chi connectivity index (χ0n) is 12.6. The smallest absolute Gasteiger partial charge is 0.227 e. The second-order valence-corrected chi connectivity index (χ2v) is 7.32. The van der Waals surface area contributed by atoms with Crippen molar-refractivity contribution in [1.29, 1.82) is 0 Å². The molecule has 2 saturated carbocycles. The van der Waals surface area contributed by atoms with Gasteiger partial charge in [0.15, 0.2) is 0 Å². The Hall–Kier alpha value is -1.10. The summed E-state index contributed by atoms with van der Waals surface area (Å²) in [6, 6.07) is 0. The van der Waals surface area contributed by atoms with Crippen molar-refractivity contribution >= 4 is 11.8 Å². The Balaban J connectivity index is 1.36. The number of carbonyl (C=O) groups is 2. The molecule has 4 rings (SSSR count). The van der Waals surface area contributed by atoms with Gasteiger partial charge in [0.05, 0.1) is 5.92 Å². The van der Waals surface area contributed by atoms with Crippen molar-refractivity contribution < 1.29 is 9.59 Å². The number of amides is 2. The average Bonchev–Trinajstić information content (AvgIpc) is 3.47. The van der Waals surface area contributed by atoms with E-state index < -0.39 is 0 Å². The van der Waals surface area contributed by atoms with Crippen LogP contribution in [0, 0.1) is 17.3 Å². The maximum Gasteiger partial charge on any atom is 0.227 e.